The maximum absolute atomic E-state index is 6.08. The molecule has 2 fully saturated rings. The first-order valence-corrected chi connectivity index (χ1v) is 7.83. The zero-order chi connectivity index (χ0) is 13.0. The molecule has 2 rings (SSSR count). The fourth-order valence-corrected chi connectivity index (χ4v) is 3.89. The first-order chi connectivity index (χ1) is 8.72. The van der Waals surface area contributed by atoms with E-state index in [0.29, 0.717) is 6.04 Å². The average molecular weight is 253 g/mol. The largest absolute Gasteiger partial charge is 0.329 e. The SMILES string of the molecule is CN(C)C1CCN(C(CN)C2CCCCC2)CC1. The van der Waals surface area contributed by atoms with Crippen LogP contribution in [0.2, 0.25) is 0 Å². The normalized spacial score (nSPS) is 26.7. The predicted octanol–water partition coefficient (Wildman–Crippen LogP) is 1.92. The summed E-state index contributed by atoms with van der Waals surface area (Å²) in [7, 11) is 4.42. The summed E-state index contributed by atoms with van der Waals surface area (Å²) in [5.41, 5.74) is 6.08. The summed E-state index contributed by atoms with van der Waals surface area (Å²) in [5.74, 6) is 0.875. The number of piperidine rings is 1. The van der Waals surface area contributed by atoms with Gasteiger partial charge in [-0.05, 0) is 58.8 Å². The van der Waals surface area contributed by atoms with Gasteiger partial charge in [-0.15, -0.1) is 0 Å². The van der Waals surface area contributed by atoms with Gasteiger partial charge < -0.3 is 10.6 Å². The summed E-state index contributed by atoms with van der Waals surface area (Å²) >= 11 is 0. The van der Waals surface area contributed by atoms with Crippen LogP contribution in [0.1, 0.15) is 44.9 Å². The summed E-state index contributed by atoms with van der Waals surface area (Å²) in [6, 6.07) is 1.44. The number of likely N-dealkylation sites (tertiary alicyclic amines) is 1. The molecule has 0 spiro atoms. The van der Waals surface area contributed by atoms with Crippen LogP contribution in [0.25, 0.3) is 0 Å². The van der Waals surface area contributed by atoms with E-state index in [1.807, 2.05) is 0 Å². The van der Waals surface area contributed by atoms with Crippen LogP contribution in [0.4, 0.5) is 0 Å². The van der Waals surface area contributed by atoms with E-state index in [-0.39, 0.29) is 0 Å². The van der Waals surface area contributed by atoms with E-state index in [1.54, 1.807) is 0 Å². The molecule has 1 saturated heterocycles. The minimum Gasteiger partial charge on any atom is -0.329 e. The lowest BCUT2D eigenvalue weighted by atomic mass is 9.82. The first kappa shape index (κ1) is 14.3. The van der Waals surface area contributed by atoms with Crippen molar-refractivity contribution in [2.45, 2.75) is 57.0 Å². The van der Waals surface area contributed by atoms with Crippen molar-refractivity contribution in [3.63, 3.8) is 0 Å². The standard InChI is InChI=1S/C15H31N3/c1-17(2)14-8-10-18(11-9-14)15(12-16)13-6-4-3-5-7-13/h13-15H,3-12,16H2,1-2H3. The van der Waals surface area contributed by atoms with E-state index >= 15 is 0 Å². The van der Waals surface area contributed by atoms with Gasteiger partial charge in [-0.3, -0.25) is 4.90 Å². The molecule has 0 aromatic rings. The molecule has 1 aliphatic heterocycles. The molecule has 0 amide bonds. The molecule has 1 saturated carbocycles. The van der Waals surface area contributed by atoms with Gasteiger partial charge in [0.05, 0.1) is 0 Å². The Morgan fingerprint density at radius 2 is 1.67 bits per heavy atom. The van der Waals surface area contributed by atoms with Gasteiger partial charge in [-0.2, -0.15) is 0 Å². The van der Waals surface area contributed by atoms with Gasteiger partial charge >= 0.3 is 0 Å². The molecule has 1 unspecified atom stereocenters. The van der Waals surface area contributed by atoms with Crippen molar-refractivity contribution >= 4 is 0 Å². The molecule has 0 radical (unpaired) electrons. The molecule has 0 aromatic heterocycles. The summed E-state index contributed by atoms with van der Waals surface area (Å²) in [5, 5.41) is 0. The molecule has 0 aromatic carbocycles. The highest BCUT2D eigenvalue weighted by Gasteiger charge is 2.30. The Kier molecular flexibility index (Phi) is 5.46. The van der Waals surface area contributed by atoms with Crippen molar-refractivity contribution in [3.05, 3.63) is 0 Å². The molecule has 3 nitrogen and oxygen atoms in total. The summed E-state index contributed by atoms with van der Waals surface area (Å²) in [4.78, 5) is 5.07. The molecule has 2 aliphatic rings. The van der Waals surface area contributed by atoms with Crippen molar-refractivity contribution in [2.75, 3.05) is 33.7 Å². The lowest BCUT2D eigenvalue weighted by Gasteiger charge is -2.43. The van der Waals surface area contributed by atoms with Crippen LogP contribution in [-0.2, 0) is 0 Å². The molecule has 1 aliphatic carbocycles. The highest BCUT2D eigenvalue weighted by molar-refractivity contribution is 4.87. The maximum Gasteiger partial charge on any atom is 0.0246 e. The molecule has 1 atom stereocenters. The number of hydrogen-bond acceptors (Lipinski definition) is 3. The van der Waals surface area contributed by atoms with Gasteiger partial charge in [0, 0.05) is 18.6 Å². The molecule has 0 bridgehead atoms. The monoisotopic (exact) mass is 253 g/mol. The number of rotatable bonds is 4. The lowest BCUT2D eigenvalue weighted by molar-refractivity contribution is 0.0713. The molecule has 18 heavy (non-hydrogen) atoms. The summed E-state index contributed by atoms with van der Waals surface area (Å²) < 4.78 is 0. The van der Waals surface area contributed by atoms with E-state index < -0.39 is 0 Å². The first-order valence-electron chi connectivity index (χ1n) is 7.83. The van der Waals surface area contributed by atoms with Gasteiger partial charge in [-0.25, -0.2) is 0 Å². The summed E-state index contributed by atoms with van der Waals surface area (Å²) in [6.07, 6.45) is 9.75. The van der Waals surface area contributed by atoms with Crippen molar-refractivity contribution < 1.29 is 0 Å². The van der Waals surface area contributed by atoms with Gasteiger partial charge in [0.15, 0.2) is 0 Å². The molecule has 106 valence electrons. The smallest absolute Gasteiger partial charge is 0.0246 e. The minimum absolute atomic E-state index is 0.661. The summed E-state index contributed by atoms with van der Waals surface area (Å²) in [6.45, 7) is 3.36. The number of nitrogens with two attached hydrogens (primary N) is 1. The zero-order valence-corrected chi connectivity index (χ0v) is 12.3. The maximum atomic E-state index is 6.08. The molecule has 1 heterocycles. The van der Waals surface area contributed by atoms with E-state index in [2.05, 4.69) is 23.9 Å². The third-order valence-electron chi connectivity index (χ3n) is 5.13. The Balaban J connectivity index is 1.85. The fraction of sp³-hybridized carbons (Fsp3) is 1.00. The van der Waals surface area contributed by atoms with Gasteiger partial charge in [0.25, 0.3) is 0 Å². The Hall–Kier alpha value is -0.120. The molecular formula is C15H31N3. The van der Waals surface area contributed by atoms with Crippen LogP contribution >= 0.6 is 0 Å². The zero-order valence-electron chi connectivity index (χ0n) is 12.3. The Labute approximate surface area is 113 Å². The fourth-order valence-electron chi connectivity index (χ4n) is 3.89. The highest BCUT2D eigenvalue weighted by Crippen LogP contribution is 2.30. The second kappa shape index (κ2) is 6.88. The van der Waals surface area contributed by atoms with E-state index in [0.717, 1.165) is 18.5 Å². The van der Waals surface area contributed by atoms with Crippen LogP contribution in [0.15, 0.2) is 0 Å². The predicted molar refractivity (Wildman–Crippen MR) is 77.7 cm³/mol. The van der Waals surface area contributed by atoms with Crippen molar-refractivity contribution in [1.82, 2.24) is 9.80 Å². The minimum atomic E-state index is 0.661. The molecule has 2 N–H and O–H groups in total. The van der Waals surface area contributed by atoms with Gasteiger partial charge in [0.1, 0.15) is 0 Å². The third kappa shape index (κ3) is 3.46. The Bertz CT molecular complexity index is 228. The number of nitrogens with zero attached hydrogens (tertiary/aromatic N) is 2. The van der Waals surface area contributed by atoms with Crippen molar-refractivity contribution in [3.8, 4) is 0 Å². The van der Waals surface area contributed by atoms with Gasteiger partial charge in [-0.1, -0.05) is 19.3 Å². The van der Waals surface area contributed by atoms with E-state index in [1.165, 1.54) is 58.0 Å². The second-order valence-corrected chi connectivity index (χ2v) is 6.43. The van der Waals surface area contributed by atoms with Crippen LogP contribution in [0.3, 0.4) is 0 Å². The lowest BCUT2D eigenvalue weighted by Crippen LogP contribution is -2.51. The van der Waals surface area contributed by atoms with E-state index in [9.17, 15) is 0 Å². The van der Waals surface area contributed by atoms with E-state index in [4.69, 9.17) is 5.73 Å². The third-order valence-corrected chi connectivity index (χ3v) is 5.13. The molecule has 3 heteroatoms. The average Bonchev–Trinajstić information content (AvgIpc) is 2.41. The van der Waals surface area contributed by atoms with Crippen molar-refractivity contribution in [2.24, 2.45) is 11.7 Å². The highest BCUT2D eigenvalue weighted by atomic mass is 15.2. The van der Waals surface area contributed by atoms with Gasteiger partial charge in [0.2, 0.25) is 0 Å². The Morgan fingerprint density at radius 3 is 2.17 bits per heavy atom. The Morgan fingerprint density at radius 1 is 1.06 bits per heavy atom. The van der Waals surface area contributed by atoms with Crippen LogP contribution in [-0.4, -0.2) is 55.6 Å². The van der Waals surface area contributed by atoms with Crippen LogP contribution < -0.4 is 5.73 Å². The molecular weight excluding hydrogens is 222 g/mol. The topological polar surface area (TPSA) is 32.5 Å². The second-order valence-electron chi connectivity index (χ2n) is 6.43. The quantitative estimate of drug-likeness (QED) is 0.831. The van der Waals surface area contributed by atoms with Crippen molar-refractivity contribution in [1.29, 1.82) is 0 Å². The van der Waals surface area contributed by atoms with Crippen LogP contribution in [0.5, 0.6) is 0 Å². The number of hydrogen-bond donors (Lipinski definition) is 1. The van der Waals surface area contributed by atoms with Crippen LogP contribution in [0, 0.1) is 5.92 Å².